The maximum Gasteiger partial charge on any atom is 0.135 e. The van der Waals surface area contributed by atoms with Gasteiger partial charge in [-0.05, 0) is 24.6 Å². The molecule has 1 atom stereocenters. The lowest BCUT2D eigenvalue weighted by Gasteiger charge is -2.03. The van der Waals surface area contributed by atoms with E-state index < -0.39 is 0 Å². The topological polar surface area (TPSA) is 39.2 Å². The Labute approximate surface area is 93.7 Å². The maximum atomic E-state index is 5.86. The molecule has 2 aromatic carbocycles. The van der Waals surface area contributed by atoms with Crippen LogP contribution in [0.1, 0.15) is 18.5 Å². The number of fused-ring (bicyclic) bond motifs is 3. The highest BCUT2D eigenvalue weighted by atomic mass is 16.3. The smallest absolute Gasteiger partial charge is 0.135 e. The van der Waals surface area contributed by atoms with Gasteiger partial charge in [0, 0.05) is 16.8 Å². The van der Waals surface area contributed by atoms with Crippen LogP contribution in [0, 0.1) is 0 Å². The van der Waals surface area contributed by atoms with Crippen molar-refractivity contribution in [1.29, 1.82) is 0 Å². The van der Waals surface area contributed by atoms with Gasteiger partial charge in [0.15, 0.2) is 0 Å². The number of benzene rings is 2. The lowest BCUT2D eigenvalue weighted by Crippen LogP contribution is -2.04. The Morgan fingerprint density at radius 1 is 1.00 bits per heavy atom. The first-order valence-corrected chi connectivity index (χ1v) is 5.42. The lowest BCUT2D eigenvalue weighted by molar-refractivity contribution is 0.667. The Bertz CT molecular complexity index is 652. The zero-order valence-electron chi connectivity index (χ0n) is 9.10. The lowest BCUT2D eigenvalue weighted by atomic mass is 10.1. The van der Waals surface area contributed by atoms with E-state index in [1.807, 2.05) is 31.2 Å². The van der Waals surface area contributed by atoms with Crippen LogP contribution in [-0.4, -0.2) is 0 Å². The van der Waals surface area contributed by atoms with E-state index in [0.717, 1.165) is 27.5 Å². The number of rotatable bonds is 1. The normalized spacial score (nSPS) is 13.4. The van der Waals surface area contributed by atoms with E-state index in [0.29, 0.717) is 0 Å². The van der Waals surface area contributed by atoms with E-state index in [2.05, 4.69) is 18.2 Å². The van der Waals surface area contributed by atoms with Crippen molar-refractivity contribution in [2.24, 2.45) is 5.73 Å². The molecule has 0 aliphatic rings. The summed E-state index contributed by atoms with van der Waals surface area (Å²) < 4.78 is 5.79. The second-order valence-electron chi connectivity index (χ2n) is 4.14. The molecule has 0 bridgehead atoms. The van der Waals surface area contributed by atoms with Crippen LogP contribution in [0.25, 0.3) is 21.9 Å². The quantitative estimate of drug-likeness (QED) is 0.667. The molecule has 0 aliphatic carbocycles. The van der Waals surface area contributed by atoms with Gasteiger partial charge in [-0.25, -0.2) is 0 Å². The molecular weight excluding hydrogens is 198 g/mol. The summed E-state index contributed by atoms with van der Waals surface area (Å²) >= 11 is 0. The first-order valence-electron chi connectivity index (χ1n) is 5.42. The van der Waals surface area contributed by atoms with Gasteiger partial charge in [0.25, 0.3) is 0 Å². The highest BCUT2D eigenvalue weighted by molar-refractivity contribution is 6.04. The summed E-state index contributed by atoms with van der Waals surface area (Å²) in [7, 11) is 0. The Hall–Kier alpha value is -1.80. The molecular formula is C14H13NO. The molecule has 3 aromatic rings. The molecule has 0 fully saturated rings. The van der Waals surface area contributed by atoms with Crippen molar-refractivity contribution < 1.29 is 4.42 Å². The molecule has 0 aliphatic heterocycles. The van der Waals surface area contributed by atoms with Crippen molar-refractivity contribution in [2.45, 2.75) is 13.0 Å². The molecule has 2 nitrogen and oxygen atoms in total. The third kappa shape index (κ3) is 1.31. The van der Waals surface area contributed by atoms with Gasteiger partial charge in [0.05, 0.1) is 0 Å². The minimum atomic E-state index is 0.0395. The molecule has 0 saturated heterocycles. The van der Waals surface area contributed by atoms with Crippen LogP contribution >= 0.6 is 0 Å². The van der Waals surface area contributed by atoms with E-state index in [1.54, 1.807) is 0 Å². The number of furan rings is 1. The van der Waals surface area contributed by atoms with Crippen LogP contribution in [-0.2, 0) is 0 Å². The average Bonchev–Trinajstić information content (AvgIpc) is 2.66. The van der Waals surface area contributed by atoms with Crippen molar-refractivity contribution in [2.75, 3.05) is 0 Å². The standard InChI is InChI=1S/C14H13NO/c1-9(15)10-6-7-12-11-4-2-3-5-13(11)16-14(12)8-10/h2-9H,15H2,1H3. The van der Waals surface area contributed by atoms with E-state index in [1.165, 1.54) is 0 Å². The molecule has 0 spiro atoms. The van der Waals surface area contributed by atoms with Crippen LogP contribution in [0.3, 0.4) is 0 Å². The third-order valence-corrected chi connectivity index (χ3v) is 2.93. The highest BCUT2D eigenvalue weighted by Crippen LogP contribution is 2.29. The SMILES string of the molecule is CC(N)c1ccc2c(c1)oc1ccccc12. The van der Waals surface area contributed by atoms with Gasteiger partial charge < -0.3 is 10.2 Å². The summed E-state index contributed by atoms with van der Waals surface area (Å²) in [6.07, 6.45) is 0. The molecule has 80 valence electrons. The predicted octanol–water partition coefficient (Wildman–Crippen LogP) is 3.61. The first kappa shape index (κ1) is 9.43. The summed E-state index contributed by atoms with van der Waals surface area (Å²) in [5.74, 6) is 0. The molecule has 0 saturated carbocycles. The van der Waals surface area contributed by atoms with Crippen molar-refractivity contribution >= 4 is 21.9 Å². The molecule has 16 heavy (non-hydrogen) atoms. The number of hydrogen-bond donors (Lipinski definition) is 1. The molecule has 1 unspecified atom stereocenters. The highest BCUT2D eigenvalue weighted by Gasteiger charge is 2.07. The van der Waals surface area contributed by atoms with Crippen molar-refractivity contribution in [3.8, 4) is 0 Å². The second kappa shape index (κ2) is 3.35. The van der Waals surface area contributed by atoms with Crippen molar-refractivity contribution in [3.05, 3.63) is 48.0 Å². The summed E-state index contributed by atoms with van der Waals surface area (Å²) in [5.41, 5.74) is 8.80. The van der Waals surface area contributed by atoms with Gasteiger partial charge in [0.2, 0.25) is 0 Å². The van der Waals surface area contributed by atoms with Crippen molar-refractivity contribution in [3.63, 3.8) is 0 Å². The van der Waals surface area contributed by atoms with Crippen LogP contribution in [0.2, 0.25) is 0 Å². The van der Waals surface area contributed by atoms with Crippen LogP contribution in [0.15, 0.2) is 46.9 Å². The van der Waals surface area contributed by atoms with Gasteiger partial charge >= 0.3 is 0 Å². The zero-order chi connectivity index (χ0) is 11.1. The molecule has 1 aromatic heterocycles. The van der Waals surface area contributed by atoms with E-state index in [-0.39, 0.29) is 6.04 Å². The average molecular weight is 211 g/mol. The third-order valence-electron chi connectivity index (χ3n) is 2.93. The summed E-state index contributed by atoms with van der Waals surface area (Å²) in [5, 5.41) is 2.31. The van der Waals surface area contributed by atoms with Gasteiger partial charge in [0.1, 0.15) is 11.2 Å². The Morgan fingerprint density at radius 3 is 2.56 bits per heavy atom. The summed E-state index contributed by atoms with van der Waals surface area (Å²) in [4.78, 5) is 0. The van der Waals surface area contributed by atoms with Gasteiger partial charge in [-0.1, -0.05) is 30.3 Å². The summed E-state index contributed by atoms with van der Waals surface area (Å²) in [6.45, 7) is 1.98. The number of hydrogen-bond acceptors (Lipinski definition) is 2. The Kier molecular flexibility index (Phi) is 1.98. The Morgan fingerprint density at radius 2 is 1.75 bits per heavy atom. The fraction of sp³-hybridized carbons (Fsp3) is 0.143. The minimum Gasteiger partial charge on any atom is -0.456 e. The van der Waals surface area contributed by atoms with Crippen LogP contribution in [0.5, 0.6) is 0 Å². The number of nitrogens with two attached hydrogens (primary N) is 1. The first-order chi connectivity index (χ1) is 7.75. The molecule has 2 heteroatoms. The predicted molar refractivity (Wildman–Crippen MR) is 66.3 cm³/mol. The minimum absolute atomic E-state index is 0.0395. The monoisotopic (exact) mass is 211 g/mol. The van der Waals surface area contributed by atoms with Crippen molar-refractivity contribution in [1.82, 2.24) is 0 Å². The van der Waals surface area contributed by atoms with Crippen LogP contribution in [0.4, 0.5) is 0 Å². The molecule has 0 radical (unpaired) electrons. The maximum absolute atomic E-state index is 5.86. The van der Waals surface area contributed by atoms with E-state index >= 15 is 0 Å². The molecule has 1 heterocycles. The van der Waals surface area contributed by atoms with E-state index in [9.17, 15) is 0 Å². The van der Waals surface area contributed by atoms with Gasteiger partial charge in [-0.2, -0.15) is 0 Å². The molecule has 2 N–H and O–H groups in total. The fourth-order valence-corrected chi connectivity index (χ4v) is 2.03. The largest absolute Gasteiger partial charge is 0.456 e. The Balaban J connectivity index is 2.37. The zero-order valence-corrected chi connectivity index (χ0v) is 9.10. The summed E-state index contributed by atoms with van der Waals surface area (Å²) in [6, 6.07) is 14.3. The van der Waals surface area contributed by atoms with E-state index in [4.69, 9.17) is 10.2 Å². The fourth-order valence-electron chi connectivity index (χ4n) is 2.03. The molecule has 0 amide bonds. The van der Waals surface area contributed by atoms with Gasteiger partial charge in [-0.15, -0.1) is 0 Å². The molecule has 3 rings (SSSR count). The van der Waals surface area contributed by atoms with Crippen LogP contribution < -0.4 is 5.73 Å². The van der Waals surface area contributed by atoms with Gasteiger partial charge in [-0.3, -0.25) is 0 Å². The number of para-hydroxylation sites is 1. The second-order valence-corrected chi connectivity index (χ2v) is 4.14.